The monoisotopic (exact) mass is 408 g/mol. The zero-order valence-electron chi connectivity index (χ0n) is 11.3. The number of amides is 1. The minimum absolute atomic E-state index is 0.131. The van der Waals surface area contributed by atoms with Gasteiger partial charge in [-0.1, -0.05) is 6.92 Å². The van der Waals surface area contributed by atoms with Crippen LogP contribution in [0.2, 0.25) is 0 Å². The Kier molecular flexibility index (Phi) is 5.20. The minimum atomic E-state index is -3.74. The molecule has 0 spiro atoms. The van der Waals surface area contributed by atoms with E-state index in [1.54, 1.807) is 12.1 Å². The van der Waals surface area contributed by atoms with Crippen LogP contribution >= 0.6 is 38.6 Å². The Morgan fingerprint density at radius 1 is 1.33 bits per heavy atom. The molecule has 0 saturated heterocycles. The van der Waals surface area contributed by atoms with Gasteiger partial charge in [0.15, 0.2) is 0 Å². The van der Waals surface area contributed by atoms with E-state index in [1.165, 1.54) is 17.4 Å². The van der Waals surface area contributed by atoms with Gasteiger partial charge in [-0.3, -0.25) is 10.2 Å². The van der Waals surface area contributed by atoms with Crippen molar-refractivity contribution in [3.63, 3.8) is 0 Å². The van der Waals surface area contributed by atoms with E-state index in [2.05, 4.69) is 26.2 Å². The zero-order valence-corrected chi connectivity index (χ0v) is 15.3. The zero-order chi connectivity index (χ0) is 15.6. The van der Waals surface area contributed by atoms with Gasteiger partial charge >= 0.3 is 0 Å². The fraction of sp³-hybridized carbons (Fsp3) is 0.250. The van der Waals surface area contributed by atoms with Gasteiger partial charge in [0, 0.05) is 4.88 Å². The van der Waals surface area contributed by atoms with Crippen LogP contribution < -0.4 is 10.3 Å². The van der Waals surface area contributed by atoms with Crippen LogP contribution in [0, 0.1) is 6.92 Å². The number of hydrogen-bond acceptors (Lipinski definition) is 5. The summed E-state index contributed by atoms with van der Waals surface area (Å²) < 4.78 is 24.8. The molecule has 21 heavy (non-hydrogen) atoms. The van der Waals surface area contributed by atoms with Gasteiger partial charge in [0.25, 0.3) is 15.9 Å². The van der Waals surface area contributed by atoms with Crippen molar-refractivity contribution in [2.75, 3.05) is 0 Å². The number of sulfonamides is 1. The smallest absolute Gasteiger partial charge is 0.273 e. The van der Waals surface area contributed by atoms with Gasteiger partial charge in [-0.15, -0.1) is 27.5 Å². The summed E-state index contributed by atoms with van der Waals surface area (Å²) in [5, 5.41) is 0. The SMILES string of the molecule is CCc1sc(C(=O)NNS(=O)(=O)c2ccc(Br)s2)cc1C. The molecule has 0 aliphatic rings. The number of nitrogens with one attached hydrogen (secondary N) is 2. The van der Waals surface area contributed by atoms with Crippen LogP contribution in [0.15, 0.2) is 26.2 Å². The Balaban J connectivity index is 2.06. The highest BCUT2D eigenvalue weighted by atomic mass is 79.9. The van der Waals surface area contributed by atoms with Crippen LogP contribution in [-0.4, -0.2) is 14.3 Å². The normalized spacial score (nSPS) is 11.6. The number of carbonyl (C=O) groups excluding carboxylic acids is 1. The molecule has 5 nitrogen and oxygen atoms in total. The molecule has 0 bridgehead atoms. The van der Waals surface area contributed by atoms with Gasteiger partial charge in [-0.05, 0) is 53.0 Å². The van der Waals surface area contributed by atoms with Crippen LogP contribution in [-0.2, 0) is 16.4 Å². The first-order valence-corrected chi connectivity index (χ1v) is 9.91. The van der Waals surface area contributed by atoms with E-state index in [9.17, 15) is 13.2 Å². The average Bonchev–Trinajstić information content (AvgIpc) is 3.02. The van der Waals surface area contributed by atoms with Gasteiger partial charge in [0.05, 0.1) is 8.66 Å². The summed E-state index contributed by atoms with van der Waals surface area (Å²) in [4.78, 5) is 15.7. The lowest BCUT2D eigenvalue weighted by atomic mass is 10.2. The molecule has 0 atom stereocenters. The molecule has 0 saturated carbocycles. The lowest BCUT2D eigenvalue weighted by Gasteiger charge is -2.05. The molecule has 2 rings (SSSR count). The summed E-state index contributed by atoms with van der Waals surface area (Å²) >= 11 is 5.64. The second kappa shape index (κ2) is 6.57. The van der Waals surface area contributed by atoms with Crippen molar-refractivity contribution in [1.82, 2.24) is 10.3 Å². The molecule has 0 fully saturated rings. The van der Waals surface area contributed by atoms with Gasteiger partial charge in [-0.2, -0.15) is 0 Å². The first-order valence-electron chi connectivity index (χ1n) is 6.00. The Morgan fingerprint density at radius 3 is 2.57 bits per heavy atom. The van der Waals surface area contributed by atoms with Crippen LogP contribution in [0.4, 0.5) is 0 Å². The third-order valence-electron chi connectivity index (χ3n) is 2.68. The van der Waals surface area contributed by atoms with Crippen LogP contribution in [0.5, 0.6) is 0 Å². The molecule has 2 aromatic heterocycles. The molecule has 0 radical (unpaired) electrons. The van der Waals surface area contributed by atoms with Crippen molar-refractivity contribution in [3.05, 3.63) is 37.3 Å². The van der Waals surface area contributed by atoms with E-state index in [1.807, 2.05) is 13.8 Å². The standard InChI is InChI=1S/C12H13BrN2O3S3/c1-3-8-7(2)6-9(19-8)12(16)14-15-21(17,18)11-5-4-10(13)20-11/h4-6,15H,3H2,1-2H3,(H,14,16). The number of halogens is 1. The van der Waals surface area contributed by atoms with E-state index < -0.39 is 15.9 Å². The summed E-state index contributed by atoms with van der Waals surface area (Å²) in [5.74, 6) is -0.456. The van der Waals surface area contributed by atoms with Crippen molar-refractivity contribution >= 4 is 54.5 Å². The van der Waals surface area contributed by atoms with Crippen LogP contribution in [0.3, 0.4) is 0 Å². The largest absolute Gasteiger partial charge is 0.276 e. The lowest BCUT2D eigenvalue weighted by molar-refractivity contribution is 0.0949. The number of hydrazine groups is 1. The highest BCUT2D eigenvalue weighted by Gasteiger charge is 2.19. The fourth-order valence-corrected chi connectivity index (χ4v) is 5.51. The Hall–Kier alpha value is -0.740. The van der Waals surface area contributed by atoms with Gasteiger partial charge in [-0.25, -0.2) is 8.42 Å². The van der Waals surface area contributed by atoms with Crippen LogP contribution in [0.1, 0.15) is 27.0 Å². The number of hydrogen-bond donors (Lipinski definition) is 2. The fourth-order valence-electron chi connectivity index (χ4n) is 1.65. The summed E-state index contributed by atoms with van der Waals surface area (Å²) in [6.45, 7) is 3.94. The molecule has 114 valence electrons. The van der Waals surface area contributed by atoms with Crippen molar-refractivity contribution in [2.24, 2.45) is 0 Å². The molecule has 0 aliphatic heterocycles. The topological polar surface area (TPSA) is 75.3 Å². The summed E-state index contributed by atoms with van der Waals surface area (Å²) in [7, 11) is -3.74. The quantitative estimate of drug-likeness (QED) is 0.746. The maximum absolute atomic E-state index is 12.0. The molecule has 9 heteroatoms. The maximum Gasteiger partial charge on any atom is 0.276 e. The molecule has 0 unspecified atom stereocenters. The predicted molar refractivity (Wildman–Crippen MR) is 88.2 cm³/mol. The molecular formula is C12H13BrN2O3S3. The average molecular weight is 409 g/mol. The van der Waals surface area contributed by atoms with E-state index in [-0.39, 0.29) is 4.21 Å². The lowest BCUT2D eigenvalue weighted by Crippen LogP contribution is -2.40. The summed E-state index contributed by atoms with van der Waals surface area (Å²) in [5.41, 5.74) is 3.28. The number of carbonyl (C=O) groups is 1. The Labute approximate surface area is 139 Å². The molecule has 2 heterocycles. The highest BCUT2D eigenvalue weighted by molar-refractivity contribution is 9.11. The molecule has 0 aliphatic carbocycles. The van der Waals surface area contributed by atoms with E-state index in [0.717, 1.165) is 28.2 Å². The second-order valence-electron chi connectivity index (χ2n) is 4.19. The predicted octanol–water partition coefficient (Wildman–Crippen LogP) is 3.07. The Bertz CT molecular complexity index is 765. The number of rotatable bonds is 5. The minimum Gasteiger partial charge on any atom is -0.273 e. The van der Waals surface area contributed by atoms with Crippen molar-refractivity contribution < 1.29 is 13.2 Å². The van der Waals surface area contributed by atoms with Crippen molar-refractivity contribution in [1.29, 1.82) is 0 Å². The van der Waals surface area contributed by atoms with Crippen molar-refractivity contribution in [3.8, 4) is 0 Å². The molecule has 0 aromatic carbocycles. The van der Waals surface area contributed by atoms with Crippen molar-refractivity contribution in [2.45, 2.75) is 24.5 Å². The number of thiophene rings is 2. The number of aryl methyl sites for hydroxylation is 2. The molecule has 2 aromatic rings. The molecular weight excluding hydrogens is 396 g/mol. The first kappa shape index (κ1) is 16.6. The third kappa shape index (κ3) is 3.92. The highest BCUT2D eigenvalue weighted by Crippen LogP contribution is 2.25. The summed E-state index contributed by atoms with van der Waals surface area (Å²) in [6.07, 6.45) is 0.846. The Morgan fingerprint density at radius 2 is 2.05 bits per heavy atom. The molecule has 2 N–H and O–H groups in total. The third-order valence-corrected chi connectivity index (χ3v) is 7.42. The van der Waals surface area contributed by atoms with Crippen LogP contribution in [0.25, 0.3) is 0 Å². The second-order valence-corrected chi connectivity index (χ2v) is 9.70. The maximum atomic E-state index is 12.0. The van der Waals surface area contributed by atoms with E-state index >= 15 is 0 Å². The van der Waals surface area contributed by atoms with E-state index in [4.69, 9.17) is 0 Å². The van der Waals surface area contributed by atoms with Gasteiger partial charge in [0.2, 0.25) is 0 Å². The van der Waals surface area contributed by atoms with E-state index in [0.29, 0.717) is 8.66 Å². The summed E-state index contributed by atoms with van der Waals surface area (Å²) in [6, 6.07) is 4.86. The molecule has 1 amide bonds. The van der Waals surface area contributed by atoms with Gasteiger partial charge in [0.1, 0.15) is 4.21 Å². The first-order chi connectivity index (χ1) is 9.83. The van der Waals surface area contributed by atoms with Gasteiger partial charge < -0.3 is 0 Å².